The molecule has 0 spiro atoms. The summed E-state index contributed by atoms with van der Waals surface area (Å²) >= 11 is 0. The molecule has 1 atom stereocenters. The van der Waals surface area contributed by atoms with Crippen LogP contribution in [0.3, 0.4) is 0 Å². The predicted octanol–water partition coefficient (Wildman–Crippen LogP) is 2.49. The molecule has 1 fully saturated rings. The molecule has 0 saturated carbocycles. The first kappa shape index (κ1) is 15.5. The minimum Gasteiger partial charge on any atom is -0.479 e. The average molecular weight is 293 g/mol. The summed E-state index contributed by atoms with van der Waals surface area (Å²) in [6.07, 6.45) is 4.52. The van der Waals surface area contributed by atoms with Crippen LogP contribution in [0.4, 0.5) is 5.95 Å². The second-order valence-corrected chi connectivity index (χ2v) is 5.70. The van der Waals surface area contributed by atoms with Gasteiger partial charge in [-0.3, -0.25) is 0 Å². The van der Waals surface area contributed by atoms with Crippen molar-refractivity contribution in [2.45, 2.75) is 58.1 Å². The van der Waals surface area contributed by atoms with Crippen molar-refractivity contribution in [3.05, 3.63) is 12.3 Å². The number of nitrogens with zero attached hydrogens (tertiary/aromatic N) is 3. The molecule has 1 aromatic heterocycles. The van der Waals surface area contributed by atoms with Crippen molar-refractivity contribution in [3.63, 3.8) is 0 Å². The lowest BCUT2D eigenvalue weighted by Gasteiger charge is -2.34. The third-order valence-corrected chi connectivity index (χ3v) is 3.77. The molecule has 0 radical (unpaired) electrons. The van der Waals surface area contributed by atoms with E-state index in [4.69, 9.17) is 4.74 Å². The Labute approximate surface area is 125 Å². The van der Waals surface area contributed by atoms with Gasteiger partial charge in [0.2, 0.25) is 11.8 Å². The van der Waals surface area contributed by atoms with E-state index < -0.39 is 11.5 Å². The summed E-state index contributed by atoms with van der Waals surface area (Å²) < 4.78 is 5.58. The third kappa shape index (κ3) is 3.09. The molecule has 1 saturated heterocycles. The summed E-state index contributed by atoms with van der Waals surface area (Å²) in [4.78, 5) is 22.3. The van der Waals surface area contributed by atoms with Crippen molar-refractivity contribution < 1.29 is 14.6 Å². The molecule has 2 rings (SSSR count). The van der Waals surface area contributed by atoms with E-state index in [1.54, 1.807) is 12.3 Å². The second-order valence-electron chi connectivity index (χ2n) is 5.70. The van der Waals surface area contributed by atoms with Gasteiger partial charge in [-0.1, -0.05) is 13.3 Å². The fourth-order valence-electron chi connectivity index (χ4n) is 2.94. The summed E-state index contributed by atoms with van der Waals surface area (Å²) in [5.41, 5.74) is -0.884. The van der Waals surface area contributed by atoms with E-state index >= 15 is 0 Å². The smallest absolute Gasteiger partial charge is 0.329 e. The molecular weight excluding hydrogens is 270 g/mol. The number of ether oxygens (including phenoxy) is 1. The SMILES string of the molecule is CCCC1(C(=O)O)CCCN1c1nccc(OC(C)C)n1. The molecule has 1 aliphatic rings. The Kier molecular flexibility index (Phi) is 4.65. The summed E-state index contributed by atoms with van der Waals surface area (Å²) in [5.74, 6) is 0.139. The van der Waals surface area contributed by atoms with Crippen molar-refractivity contribution in [2.24, 2.45) is 0 Å². The Morgan fingerprint density at radius 2 is 2.33 bits per heavy atom. The van der Waals surface area contributed by atoms with Gasteiger partial charge < -0.3 is 14.7 Å². The quantitative estimate of drug-likeness (QED) is 0.868. The molecule has 21 heavy (non-hydrogen) atoms. The Bertz CT molecular complexity index is 507. The molecule has 116 valence electrons. The van der Waals surface area contributed by atoms with Crippen molar-refractivity contribution in [1.82, 2.24) is 9.97 Å². The number of aromatic nitrogens is 2. The van der Waals surface area contributed by atoms with E-state index in [0.717, 1.165) is 12.8 Å². The van der Waals surface area contributed by atoms with Gasteiger partial charge in [-0.15, -0.1) is 0 Å². The topological polar surface area (TPSA) is 75.5 Å². The number of carbonyl (C=O) groups is 1. The Morgan fingerprint density at radius 1 is 1.57 bits per heavy atom. The van der Waals surface area contributed by atoms with Crippen molar-refractivity contribution >= 4 is 11.9 Å². The molecule has 1 aliphatic heterocycles. The van der Waals surface area contributed by atoms with E-state index in [0.29, 0.717) is 31.2 Å². The zero-order chi connectivity index (χ0) is 15.5. The molecule has 0 aromatic carbocycles. The molecule has 6 heteroatoms. The van der Waals surface area contributed by atoms with E-state index in [9.17, 15) is 9.90 Å². The van der Waals surface area contributed by atoms with Gasteiger partial charge >= 0.3 is 5.97 Å². The van der Waals surface area contributed by atoms with Crippen LogP contribution in [0.15, 0.2) is 12.3 Å². The highest BCUT2D eigenvalue weighted by atomic mass is 16.5. The minimum absolute atomic E-state index is 0.0196. The largest absolute Gasteiger partial charge is 0.479 e. The maximum Gasteiger partial charge on any atom is 0.329 e. The van der Waals surface area contributed by atoms with Gasteiger partial charge in [-0.2, -0.15) is 4.98 Å². The maximum atomic E-state index is 11.8. The summed E-state index contributed by atoms with van der Waals surface area (Å²) in [6, 6.07) is 1.70. The van der Waals surface area contributed by atoms with Crippen LogP contribution in [0.1, 0.15) is 46.5 Å². The fraction of sp³-hybridized carbons (Fsp3) is 0.667. The van der Waals surface area contributed by atoms with Gasteiger partial charge in [0.15, 0.2) is 0 Å². The Hall–Kier alpha value is -1.85. The predicted molar refractivity (Wildman–Crippen MR) is 79.7 cm³/mol. The molecule has 1 N–H and O–H groups in total. The maximum absolute atomic E-state index is 11.8. The molecule has 1 unspecified atom stereocenters. The van der Waals surface area contributed by atoms with Gasteiger partial charge in [0.1, 0.15) is 5.54 Å². The number of anilines is 1. The van der Waals surface area contributed by atoms with Gasteiger partial charge in [0, 0.05) is 18.8 Å². The van der Waals surface area contributed by atoms with E-state index in [2.05, 4.69) is 9.97 Å². The highest BCUT2D eigenvalue weighted by Gasteiger charge is 2.48. The van der Waals surface area contributed by atoms with Crippen molar-refractivity contribution in [2.75, 3.05) is 11.4 Å². The van der Waals surface area contributed by atoms with Crippen molar-refractivity contribution in [3.8, 4) is 5.88 Å². The summed E-state index contributed by atoms with van der Waals surface area (Å²) in [6.45, 7) is 6.52. The first-order valence-corrected chi connectivity index (χ1v) is 7.50. The highest BCUT2D eigenvalue weighted by Crippen LogP contribution is 2.36. The second kappa shape index (κ2) is 6.28. The fourth-order valence-corrected chi connectivity index (χ4v) is 2.94. The molecule has 0 aliphatic carbocycles. The number of hydrogen-bond donors (Lipinski definition) is 1. The number of rotatable bonds is 6. The van der Waals surface area contributed by atoms with Crippen LogP contribution in [0.2, 0.25) is 0 Å². The number of carboxylic acids is 1. The van der Waals surface area contributed by atoms with Gasteiger partial charge in [0.05, 0.1) is 6.10 Å². The van der Waals surface area contributed by atoms with E-state index in [1.807, 2.05) is 25.7 Å². The van der Waals surface area contributed by atoms with Crippen molar-refractivity contribution in [1.29, 1.82) is 0 Å². The molecule has 0 amide bonds. The molecule has 1 aromatic rings. The van der Waals surface area contributed by atoms with Crippen LogP contribution in [0, 0.1) is 0 Å². The minimum atomic E-state index is -0.884. The number of aliphatic carboxylic acids is 1. The molecule has 0 bridgehead atoms. The molecule has 6 nitrogen and oxygen atoms in total. The zero-order valence-electron chi connectivity index (χ0n) is 12.9. The van der Waals surface area contributed by atoms with Crippen LogP contribution in [-0.2, 0) is 4.79 Å². The normalized spacial score (nSPS) is 21.8. The van der Waals surface area contributed by atoms with Crippen LogP contribution >= 0.6 is 0 Å². The number of carboxylic acid groups (broad SMARTS) is 1. The van der Waals surface area contributed by atoms with Gasteiger partial charge in [0.25, 0.3) is 0 Å². The standard InChI is InChI=1S/C15H23N3O3/c1-4-7-15(13(19)20)8-5-10-18(15)14-16-9-6-12(17-14)21-11(2)3/h6,9,11H,4-5,7-8,10H2,1-3H3,(H,19,20). The average Bonchev–Trinajstić information content (AvgIpc) is 2.84. The lowest BCUT2D eigenvalue weighted by Crippen LogP contribution is -2.51. The molecule has 2 heterocycles. The van der Waals surface area contributed by atoms with Crippen LogP contribution in [0.5, 0.6) is 5.88 Å². The lowest BCUT2D eigenvalue weighted by atomic mass is 9.91. The Balaban J connectivity index is 2.33. The lowest BCUT2D eigenvalue weighted by molar-refractivity contribution is -0.143. The van der Waals surface area contributed by atoms with Crippen LogP contribution in [-0.4, -0.2) is 39.2 Å². The summed E-state index contributed by atoms with van der Waals surface area (Å²) in [7, 11) is 0. The van der Waals surface area contributed by atoms with Crippen LogP contribution in [0.25, 0.3) is 0 Å². The van der Waals surface area contributed by atoms with E-state index in [1.165, 1.54) is 0 Å². The molecular formula is C15H23N3O3. The van der Waals surface area contributed by atoms with Gasteiger partial charge in [-0.25, -0.2) is 9.78 Å². The third-order valence-electron chi connectivity index (χ3n) is 3.77. The Morgan fingerprint density at radius 3 is 2.95 bits per heavy atom. The first-order valence-electron chi connectivity index (χ1n) is 7.50. The monoisotopic (exact) mass is 293 g/mol. The van der Waals surface area contributed by atoms with Gasteiger partial charge in [-0.05, 0) is 33.1 Å². The summed E-state index contributed by atoms with van der Waals surface area (Å²) in [5, 5.41) is 9.71. The van der Waals surface area contributed by atoms with Crippen LogP contribution < -0.4 is 9.64 Å². The van der Waals surface area contributed by atoms with E-state index in [-0.39, 0.29) is 6.10 Å². The highest BCUT2D eigenvalue weighted by molar-refractivity contribution is 5.83. The first-order chi connectivity index (χ1) is 9.99. The zero-order valence-corrected chi connectivity index (χ0v) is 12.9. The number of hydrogen-bond acceptors (Lipinski definition) is 5.